The van der Waals surface area contributed by atoms with Crippen molar-refractivity contribution in [1.82, 2.24) is 4.90 Å². The van der Waals surface area contributed by atoms with Crippen LogP contribution < -0.4 is 10.1 Å². The van der Waals surface area contributed by atoms with Crippen LogP contribution in [-0.4, -0.2) is 30.4 Å². The zero-order valence-electron chi connectivity index (χ0n) is 15.8. The number of ether oxygens (including phenoxy) is 1. The molecule has 5 heteroatoms. The molecule has 5 nitrogen and oxygen atoms in total. The first kappa shape index (κ1) is 19.5. The molecule has 0 aromatic heterocycles. The molecule has 0 saturated heterocycles. The standard InChI is InChI=1S/C21H26N2O3/c1-15-9-10-20(26-4)19(13-15)22-21(25)11-12-23(17(3)24)14-18-8-6-5-7-16(18)2/h5-10,13H,11-12,14H2,1-4H3,(H,22,25). The number of rotatable bonds is 7. The van der Waals surface area contributed by atoms with Gasteiger partial charge in [-0.1, -0.05) is 30.3 Å². The van der Waals surface area contributed by atoms with Crippen molar-refractivity contribution in [3.63, 3.8) is 0 Å². The lowest BCUT2D eigenvalue weighted by molar-refractivity contribution is -0.129. The van der Waals surface area contributed by atoms with Crippen LogP contribution in [0.1, 0.15) is 30.0 Å². The molecule has 0 saturated carbocycles. The molecular formula is C21H26N2O3. The van der Waals surface area contributed by atoms with Gasteiger partial charge in [0.25, 0.3) is 0 Å². The van der Waals surface area contributed by atoms with E-state index in [-0.39, 0.29) is 18.2 Å². The molecule has 0 aliphatic rings. The fourth-order valence-electron chi connectivity index (χ4n) is 2.71. The van der Waals surface area contributed by atoms with E-state index in [4.69, 9.17) is 4.74 Å². The van der Waals surface area contributed by atoms with Crippen molar-refractivity contribution in [2.45, 2.75) is 33.7 Å². The number of methoxy groups -OCH3 is 1. The fourth-order valence-corrected chi connectivity index (χ4v) is 2.71. The second-order valence-corrected chi connectivity index (χ2v) is 6.37. The van der Waals surface area contributed by atoms with Crippen LogP contribution in [0, 0.1) is 13.8 Å². The Balaban J connectivity index is 1.98. The van der Waals surface area contributed by atoms with Gasteiger partial charge in [0.15, 0.2) is 0 Å². The van der Waals surface area contributed by atoms with Gasteiger partial charge >= 0.3 is 0 Å². The monoisotopic (exact) mass is 354 g/mol. The van der Waals surface area contributed by atoms with E-state index in [1.165, 1.54) is 6.92 Å². The number of nitrogens with zero attached hydrogens (tertiary/aromatic N) is 1. The van der Waals surface area contributed by atoms with Crippen molar-refractivity contribution >= 4 is 17.5 Å². The van der Waals surface area contributed by atoms with Crippen molar-refractivity contribution in [1.29, 1.82) is 0 Å². The average molecular weight is 354 g/mol. The van der Waals surface area contributed by atoms with E-state index < -0.39 is 0 Å². The highest BCUT2D eigenvalue weighted by Gasteiger charge is 2.14. The van der Waals surface area contributed by atoms with Crippen molar-refractivity contribution in [3.05, 3.63) is 59.2 Å². The van der Waals surface area contributed by atoms with Crippen molar-refractivity contribution < 1.29 is 14.3 Å². The van der Waals surface area contributed by atoms with Crippen LogP contribution in [0.2, 0.25) is 0 Å². The lowest BCUT2D eigenvalue weighted by Crippen LogP contribution is -2.31. The number of hydrogen-bond acceptors (Lipinski definition) is 3. The average Bonchev–Trinajstić information content (AvgIpc) is 2.60. The van der Waals surface area contributed by atoms with E-state index in [1.54, 1.807) is 12.0 Å². The number of amides is 2. The third kappa shape index (κ3) is 5.34. The molecule has 0 fully saturated rings. The first-order chi connectivity index (χ1) is 12.4. The molecule has 2 amide bonds. The van der Waals surface area contributed by atoms with Gasteiger partial charge in [-0.15, -0.1) is 0 Å². The molecule has 138 valence electrons. The van der Waals surface area contributed by atoms with Crippen LogP contribution in [0.15, 0.2) is 42.5 Å². The number of hydrogen-bond donors (Lipinski definition) is 1. The second-order valence-electron chi connectivity index (χ2n) is 6.37. The predicted molar refractivity (Wildman–Crippen MR) is 103 cm³/mol. The van der Waals surface area contributed by atoms with Crippen LogP contribution in [0.4, 0.5) is 5.69 Å². The van der Waals surface area contributed by atoms with Gasteiger partial charge in [-0.05, 0) is 42.7 Å². The molecule has 0 bridgehead atoms. The second kappa shape index (κ2) is 9.04. The molecule has 1 N–H and O–H groups in total. The Kier molecular flexibility index (Phi) is 6.78. The Bertz CT molecular complexity index is 787. The number of nitrogens with one attached hydrogen (secondary N) is 1. The van der Waals surface area contributed by atoms with Crippen LogP contribution in [0.25, 0.3) is 0 Å². The summed E-state index contributed by atoms with van der Waals surface area (Å²) in [7, 11) is 1.57. The number of carbonyl (C=O) groups is 2. The van der Waals surface area contributed by atoms with E-state index in [1.807, 2.05) is 56.3 Å². The quantitative estimate of drug-likeness (QED) is 0.825. The van der Waals surface area contributed by atoms with E-state index in [9.17, 15) is 9.59 Å². The van der Waals surface area contributed by atoms with Gasteiger partial charge in [0.1, 0.15) is 5.75 Å². The Morgan fingerprint density at radius 1 is 1.12 bits per heavy atom. The van der Waals surface area contributed by atoms with Gasteiger partial charge in [0.05, 0.1) is 12.8 Å². The Hall–Kier alpha value is -2.82. The number of benzene rings is 2. The zero-order chi connectivity index (χ0) is 19.1. The molecule has 0 atom stereocenters. The Labute approximate surface area is 155 Å². The summed E-state index contributed by atoms with van der Waals surface area (Å²) in [6.45, 7) is 6.37. The lowest BCUT2D eigenvalue weighted by atomic mass is 10.1. The maximum absolute atomic E-state index is 12.3. The van der Waals surface area contributed by atoms with E-state index in [2.05, 4.69) is 5.32 Å². The molecule has 2 aromatic rings. The van der Waals surface area contributed by atoms with Crippen LogP contribution in [-0.2, 0) is 16.1 Å². The third-order valence-electron chi connectivity index (χ3n) is 4.31. The lowest BCUT2D eigenvalue weighted by Gasteiger charge is -2.22. The SMILES string of the molecule is COc1ccc(C)cc1NC(=O)CCN(Cc1ccccc1C)C(C)=O. The van der Waals surface area contributed by atoms with Crippen molar-refractivity contribution in [2.24, 2.45) is 0 Å². The summed E-state index contributed by atoms with van der Waals surface area (Å²) in [6.07, 6.45) is 0.225. The minimum Gasteiger partial charge on any atom is -0.495 e. The summed E-state index contributed by atoms with van der Waals surface area (Å²) in [6, 6.07) is 13.6. The molecule has 0 aliphatic heterocycles. The normalized spacial score (nSPS) is 10.3. The zero-order valence-corrected chi connectivity index (χ0v) is 15.8. The maximum Gasteiger partial charge on any atom is 0.226 e. The van der Waals surface area contributed by atoms with Crippen molar-refractivity contribution in [3.8, 4) is 5.75 Å². The molecule has 0 spiro atoms. The minimum atomic E-state index is -0.148. The summed E-state index contributed by atoms with van der Waals surface area (Å²) >= 11 is 0. The van der Waals surface area contributed by atoms with E-state index >= 15 is 0 Å². The number of anilines is 1. The van der Waals surface area contributed by atoms with E-state index in [0.717, 1.165) is 16.7 Å². The van der Waals surface area contributed by atoms with Gasteiger partial charge in [-0.3, -0.25) is 9.59 Å². The summed E-state index contributed by atoms with van der Waals surface area (Å²) in [4.78, 5) is 26.0. The first-order valence-electron chi connectivity index (χ1n) is 8.65. The molecule has 0 radical (unpaired) electrons. The molecule has 26 heavy (non-hydrogen) atoms. The minimum absolute atomic E-state index is 0.0470. The van der Waals surface area contributed by atoms with Crippen LogP contribution in [0.3, 0.4) is 0 Å². The highest BCUT2D eigenvalue weighted by molar-refractivity contribution is 5.92. The number of carbonyl (C=O) groups excluding carboxylic acids is 2. The topological polar surface area (TPSA) is 58.6 Å². The smallest absolute Gasteiger partial charge is 0.226 e. The first-order valence-corrected chi connectivity index (χ1v) is 8.65. The summed E-state index contributed by atoms with van der Waals surface area (Å²) in [5.41, 5.74) is 3.90. The highest BCUT2D eigenvalue weighted by atomic mass is 16.5. The largest absolute Gasteiger partial charge is 0.495 e. The molecule has 0 unspecified atom stereocenters. The van der Waals surface area contributed by atoms with Gasteiger partial charge < -0.3 is 15.0 Å². The summed E-state index contributed by atoms with van der Waals surface area (Å²) in [5, 5.41) is 2.87. The highest BCUT2D eigenvalue weighted by Crippen LogP contribution is 2.25. The molecular weight excluding hydrogens is 328 g/mol. The number of aryl methyl sites for hydroxylation is 2. The van der Waals surface area contributed by atoms with Crippen LogP contribution in [0.5, 0.6) is 5.75 Å². The van der Waals surface area contributed by atoms with Gasteiger partial charge in [0, 0.05) is 26.4 Å². The van der Waals surface area contributed by atoms with Gasteiger partial charge in [-0.2, -0.15) is 0 Å². The maximum atomic E-state index is 12.3. The summed E-state index contributed by atoms with van der Waals surface area (Å²) in [5.74, 6) is 0.423. The predicted octanol–water partition coefficient (Wildman–Crippen LogP) is 3.69. The fraction of sp³-hybridized carbons (Fsp3) is 0.333. The van der Waals surface area contributed by atoms with Gasteiger partial charge in [-0.25, -0.2) is 0 Å². The van der Waals surface area contributed by atoms with Gasteiger partial charge in [0.2, 0.25) is 11.8 Å². The van der Waals surface area contributed by atoms with E-state index in [0.29, 0.717) is 24.5 Å². The molecule has 0 heterocycles. The Morgan fingerprint density at radius 2 is 1.85 bits per heavy atom. The Morgan fingerprint density at radius 3 is 2.50 bits per heavy atom. The molecule has 2 aromatic carbocycles. The third-order valence-corrected chi connectivity index (χ3v) is 4.31. The summed E-state index contributed by atoms with van der Waals surface area (Å²) < 4.78 is 5.28. The molecule has 2 rings (SSSR count). The molecule has 0 aliphatic carbocycles. The van der Waals surface area contributed by atoms with Crippen LogP contribution >= 0.6 is 0 Å². The van der Waals surface area contributed by atoms with Crippen molar-refractivity contribution in [2.75, 3.05) is 19.0 Å².